The Bertz CT molecular complexity index is 2460. The molecule has 1 saturated carbocycles. The quantitative estimate of drug-likeness (QED) is 0.165. The van der Waals surface area contributed by atoms with E-state index in [1.807, 2.05) is 37.5 Å². The molecule has 290 valence electrons. The van der Waals surface area contributed by atoms with Crippen LogP contribution in [0.4, 0.5) is 11.4 Å². The number of carbonyl (C=O) groups excluding carboxylic acids is 4. The van der Waals surface area contributed by atoms with E-state index in [2.05, 4.69) is 42.2 Å². The first-order valence-electron chi connectivity index (χ1n) is 19.5. The summed E-state index contributed by atoms with van der Waals surface area (Å²) in [5, 5.41) is 34.2. The molecule has 5 aromatic rings. The summed E-state index contributed by atoms with van der Waals surface area (Å²) < 4.78 is 1.79. The highest BCUT2D eigenvalue weighted by Gasteiger charge is 2.45. The lowest BCUT2D eigenvalue weighted by molar-refractivity contribution is -0.136. The van der Waals surface area contributed by atoms with Gasteiger partial charge in [0.1, 0.15) is 17.1 Å². The van der Waals surface area contributed by atoms with E-state index in [1.165, 1.54) is 0 Å². The Kier molecular flexibility index (Phi) is 9.71. The van der Waals surface area contributed by atoms with Gasteiger partial charge >= 0.3 is 0 Å². The first-order chi connectivity index (χ1) is 27.8. The molecule has 0 spiro atoms. The standard InChI is InChI=1S/C41H41N11O4S/c1-43-32-18-33(34-9-7-28-16-24(19-42)20-46-52(28)34)45-21-31(32)39-49-48-38(57-39)25-2-4-26(5-3-25)44-14-12-23-13-15-50(22-23)27-6-8-29-30(17-27)41(56)51(40(29)55)35-10-11-36(53)47-37(35)54/h6-9,16-18,20-21,23,25-26,35,44H,2-5,10-15,22H2,1H3,(H,43,45)(H,47,53,54)/t23-,25?,26?,35-/m0/s1. The number of anilines is 2. The summed E-state index contributed by atoms with van der Waals surface area (Å²) in [5.74, 6) is -1.05. The Morgan fingerprint density at radius 2 is 1.77 bits per heavy atom. The van der Waals surface area contributed by atoms with Gasteiger partial charge in [-0.1, -0.05) is 11.3 Å². The van der Waals surface area contributed by atoms with Crippen LogP contribution in [0.15, 0.2) is 54.9 Å². The molecular formula is C41H41N11O4S. The van der Waals surface area contributed by atoms with Crippen LogP contribution < -0.4 is 20.9 Å². The Balaban J connectivity index is 0.753. The minimum atomic E-state index is -0.965. The van der Waals surface area contributed by atoms with Crippen molar-refractivity contribution in [3.05, 3.63) is 76.6 Å². The second-order valence-electron chi connectivity index (χ2n) is 15.3. The van der Waals surface area contributed by atoms with Crippen LogP contribution in [0, 0.1) is 17.2 Å². The van der Waals surface area contributed by atoms with Crippen molar-refractivity contribution in [1.82, 2.24) is 40.3 Å². The van der Waals surface area contributed by atoms with Gasteiger partial charge in [0.15, 0.2) is 5.01 Å². The SMILES string of the molecule is CNc1cc(-c2ccc3cc(C#N)cnn23)ncc1-c1nnc(C2CCC(NCC[C@H]3CCN(c4ccc5c(c4)C(=O)N([C@H]4CCC(=O)NC4=O)C5=O)C3)CC2)s1. The fraction of sp³-hybridized carbons (Fsp3) is 0.390. The van der Waals surface area contributed by atoms with Crippen LogP contribution in [0.5, 0.6) is 0 Å². The number of imide groups is 2. The fourth-order valence-electron chi connectivity index (χ4n) is 8.73. The van der Waals surface area contributed by atoms with Gasteiger partial charge in [-0.2, -0.15) is 10.4 Å². The summed E-state index contributed by atoms with van der Waals surface area (Å²) in [6.45, 7) is 2.70. The zero-order chi connectivity index (χ0) is 39.2. The van der Waals surface area contributed by atoms with Crippen molar-refractivity contribution in [2.24, 2.45) is 5.92 Å². The summed E-state index contributed by atoms with van der Waals surface area (Å²) in [6.07, 6.45) is 10.0. The Morgan fingerprint density at radius 3 is 2.58 bits per heavy atom. The second kappa shape index (κ2) is 15.1. The van der Waals surface area contributed by atoms with Crippen LogP contribution >= 0.6 is 11.3 Å². The molecule has 1 aromatic carbocycles. The molecule has 3 aliphatic heterocycles. The van der Waals surface area contributed by atoms with E-state index >= 15 is 0 Å². The van der Waals surface area contributed by atoms with Crippen LogP contribution in [0.3, 0.4) is 0 Å². The van der Waals surface area contributed by atoms with Gasteiger partial charge in [0, 0.05) is 56.1 Å². The minimum absolute atomic E-state index is 0.0975. The van der Waals surface area contributed by atoms with Crippen molar-refractivity contribution in [3.8, 4) is 28.0 Å². The molecule has 3 N–H and O–H groups in total. The van der Waals surface area contributed by atoms with Crippen LogP contribution in [-0.4, -0.2) is 92.1 Å². The summed E-state index contributed by atoms with van der Waals surface area (Å²) in [5.41, 5.74) is 6.28. The van der Waals surface area contributed by atoms with E-state index in [9.17, 15) is 24.4 Å². The zero-order valence-corrected chi connectivity index (χ0v) is 32.2. The van der Waals surface area contributed by atoms with E-state index in [-0.39, 0.29) is 18.7 Å². The Hall–Kier alpha value is -6.05. The third-order valence-corrected chi connectivity index (χ3v) is 13.0. The molecule has 0 radical (unpaired) electrons. The number of pyridine rings is 1. The summed E-state index contributed by atoms with van der Waals surface area (Å²) >= 11 is 1.64. The second-order valence-corrected chi connectivity index (χ2v) is 16.3. The highest BCUT2D eigenvalue weighted by Crippen LogP contribution is 2.39. The van der Waals surface area contributed by atoms with Gasteiger partial charge in [-0.3, -0.25) is 34.4 Å². The molecule has 2 atom stereocenters. The number of piperidine rings is 1. The van der Waals surface area contributed by atoms with Crippen molar-refractivity contribution in [1.29, 1.82) is 5.26 Å². The van der Waals surface area contributed by atoms with Gasteiger partial charge in [0.2, 0.25) is 11.8 Å². The van der Waals surface area contributed by atoms with Gasteiger partial charge in [-0.05, 0) is 99.9 Å². The Labute approximate surface area is 332 Å². The molecule has 0 unspecified atom stereocenters. The van der Waals surface area contributed by atoms with Crippen LogP contribution in [0.2, 0.25) is 0 Å². The molecule has 57 heavy (non-hydrogen) atoms. The third kappa shape index (κ3) is 6.91. The fourth-order valence-corrected chi connectivity index (χ4v) is 9.77. The summed E-state index contributed by atoms with van der Waals surface area (Å²) in [7, 11) is 1.89. The third-order valence-electron chi connectivity index (χ3n) is 11.9. The zero-order valence-electron chi connectivity index (χ0n) is 31.4. The van der Waals surface area contributed by atoms with Crippen molar-refractivity contribution in [2.75, 3.05) is 36.9 Å². The highest BCUT2D eigenvalue weighted by atomic mass is 32.1. The molecule has 2 saturated heterocycles. The van der Waals surface area contributed by atoms with Gasteiger partial charge in [0.05, 0.1) is 45.4 Å². The predicted octanol–water partition coefficient (Wildman–Crippen LogP) is 4.76. The molecule has 4 aliphatic rings. The number of nitriles is 1. The number of hydrogen-bond donors (Lipinski definition) is 3. The first kappa shape index (κ1) is 36.6. The van der Waals surface area contributed by atoms with E-state index in [0.29, 0.717) is 34.6 Å². The van der Waals surface area contributed by atoms with Crippen LogP contribution in [0.1, 0.15) is 88.6 Å². The first-order valence-corrected chi connectivity index (χ1v) is 20.3. The van der Waals surface area contributed by atoms with E-state index in [1.54, 1.807) is 40.2 Å². The van der Waals surface area contributed by atoms with Crippen molar-refractivity contribution < 1.29 is 19.2 Å². The van der Waals surface area contributed by atoms with Crippen LogP contribution in [0.25, 0.3) is 27.5 Å². The van der Waals surface area contributed by atoms with Crippen molar-refractivity contribution in [2.45, 2.75) is 69.4 Å². The molecule has 4 aromatic heterocycles. The number of nitrogens with zero attached hydrogens (tertiary/aromatic N) is 8. The smallest absolute Gasteiger partial charge is 0.262 e. The molecule has 0 bridgehead atoms. The van der Waals surface area contributed by atoms with Gasteiger partial charge < -0.3 is 15.5 Å². The van der Waals surface area contributed by atoms with Gasteiger partial charge in [0.25, 0.3) is 11.8 Å². The topological polar surface area (TPSA) is 191 Å². The van der Waals surface area contributed by atoms with Crippen LogP contribution in [-0.2, 0) is 9.59 Å². The molecule has 1 aliphatic carbocycles. The molecule has 4 amide bonds. The average molecular weight is 784 g/mol. The molecular weight excluding hydrogens is 743 g/mol. The Morgan fingerprint density at radius 1 is 0.930 bits per heavy atom. The monoisotopic (exact) mass is 783 g/mol. The molecule has 16 heteroatoms. The highest BCUT2D eigenvalue weighted by molar-refractivity contribution is 7.14. The molecule has 15 nitrogen and oxygen atoms in total. The maximum absolute atomic E-state index is 13.3. The summed E-state index contributed by atoms with van der Waals surface area (Å²) in [4.78, 5) is 58.5. The molecule has 9 rings (SSSR count). The number of benzene rings is 1. The predicted molar refractivity (Wildman–Crippen MR) is 213 cm³/mol. The number of fused-ring (bicyclic) bond motifs is 2. The van der Waals surface area contributed by atoms with Crippen molar-refractivity contribution in [3.63, 3.8) is 0 Å². The van der Waals surface area contributed by atoms with E-state index in [4.69, 9.17) is 4.98 Å². The summed E-state index contributed by atoms with van der Waals surface area (Å²) in [6, 6.07) is 14.7. The maximum atomic E-state index is 13.3. The lowest BCUT2D eigenvalue weighted by Gasteiger charge is -2.28. The molecule has 7 heterocycles. The lowest BCUT2D eigenvalue weighted by atomic mass is 9.86. The number of amides is 4. The maximum Gasteiger partial charge on any atom is 0.262 e. The van der Waals surface area contributed by atoms with Crippen molar-refractivity contribution >= 4 is 51.9 Å². The number of hydrogen-bond acceptors (Lipinski definition) is 13. The van der Waals surface area contributed by atoms with E-state index < -0.39 is 23.8 Å². The lowest BCUT2D eigenvalue weighted by Crippen LogP contribution is -2.54. The van der Waals surface area contributed by atoms with Gasteiger partial charge in [-0.25, -0.2) is 4.52 Å². The van der Waals surface area contributed by atoms with E-state index in [0.717, 1.165) is 107 Å². The average Bonchev–Trinajstić information content (AvgIpc) is 4.05. The minimum Gasteiger partial charge on any atom is -0.387 e. The van der Waals surface area contributed by atoms with Gasteiger partial charge in [-0.15, -0.1) is 10.2 Å². The number of nitrogens with one attached hydrogen (secondary N) is 3. The normalized spacial score (nSPS) is 22.2. The number of carbonyl (C=O) groups is 4. The number of rotatable bonds is 10. The molecule has 3 fully saturated rings. The largest absolute Gasteiger partial charge is 0.387 e. The number of aromatic nitrogens is 5.